The van der Waals surface area contributed by atoms with E-state index >= 15 is 0 Å². The fourth-order valence-corrected chi connectivity index (χ4v) is 2.39. The summed E-state index contributed by atoms with van der Waals surface area (Å²) in [6, 6.07) is 3.45. The molecular weight excluding hydrogens is 433 g/mol. The van der Waals surface area contributed by atoms with E-state index in [1.807, 2.05) is 0 Å². The predicted molar refractivity (Wildman–Crippen MR) is 113 cm³/mol. The second kappa shape index (κ2) is 13.9. The summed E-state index contributed by atoms with van der Waals surface area (Å²) in [6.07, 6.45) is 7.49. The Balaban J connectivity index is 0.00000576. The number of nitrogens with one attached hydrogen (secondary N) is 1. The van der Waals surface area contributed by atoms with E-state index in [1.54, 1.807) is 12.1 Å². The Kier molecular flexibility index (Phi) is 13.1. The maximum absolute atomic E-state index is 9.89. The van der Waals surface area contributed by atoms with Gasteiger partial charge in [-0.15, -0.1) is 24.0 Å². The van der Waals surface area contributed by atoms with Crippen molar-refractivity contribution in [2.24, 2.45) is 10.7 Å². The predicted octanol–water partition coefficient (Wildman–Crippen LogP) is 3.79. The number of nitrogens with two attached hydrogens (primary N) is 1. The largest absolute Gasteiger partial charge is 0.502 e. The fraction of sp³-hybridized carbons (Fsp3) is 0.611. The number of ether oxygens (including phenoxy) is 2. The Hall–Kier alpha value is -1.38. The van der Waals surface area contributed by atoms with Gasteiger partial charge in [-0.3, -0.25) is 0 Å². The summed E-state index contributed by atoms with van der Waals surface area (Å²) in [5, 5.41) is 13.0. The molecule has 0 saturated carbocycles. The SMILES string of the molecule is CCCCCCCCNC(N)=NCc1cc(OC)c(O)c(OC)c1.I. The van der Waals surface area contributed by atoms with Crippen molar-refractivity contribution in [2.75, 3.05) is 20.8 Å². The number of benzene rings is 1. The van der Waals surface area contributed by atoms with E-state index < -0.39 is 0 Å². The van der Waals surface area contributed by atoms with Gasteiger partial charge in [-0.05, 0) is 24.1 Å². The van der Waals surface area contributed by atoms with Crippen molar-refractivity contribution in [3.05, 3.63) is 17.7 Å². The quantitative estimate of drug-likeness (QED) is 0.200. The van der Waals surface area contributed by atoms with Gasteiger partial charge in [0.05, 0.1) is 20.8 Å². The second-order valence-corrected chi connectivity index (χ2v) is 5.74. The van der Waals surface area contributed by atoms with Crippen molar-refractivity contribution in [1.29, 1.82) is 0 Å². The van der Waals surface area contributed by atoms with Gasteiger partial charge in [-0.25, -0.2) is 4.99 Å². The molecule has 0 aliphatic rings. The van der Waals surface area contributed by atoms with E-state index in [0.29, 0.717) is 24.0 Å². The summed E-state index contributed by atoms with van der Waals surface area (Å²) in [7, 11) is 3.00. The molecule has 0 radical (unpaired) electrons. The number of phenolic OH excluding ortho intramolecular Hbond substituents is 1. The lowest BCUT2D eigenvalue weighted by molar-refractivity contribution is 0.339. The van der Waals surface area contributed by atoms with Gasteiger partial charge in [-0.1, -0.05) is 39.0 Å². The molecule has 0 saturated heterocycles. The number of nitrogens with zero attached hydrogens (tertiary/aromatic N) is 1. The Morgan fingerprint density at radius 3 is 2.20 bits per heavy atom. The van der Waals surface area contributed by atoms with Gasteiger partial charge in [0, 0.05) is 6.54 Å². The summed E-state index contributed by atoms with van der Waals surface area (Å²) in [4.78, 5) is 4.31. The van der Waals surface area contributed by atoms with Gasteiger partial charge in [-0.2, -0.15) is 0 Å². The number of rotatable bonds is 11. The third kappa shape index (κ3) is 9.04. The molecule has 1 aromatic rings. The van der Waals surface area contributed by atoms with E-state index in [9.17, 15) is 5.11 Å². The highest BCUT2D eigenvalue weighted by molar-refractivity contribution is 14.0. The summed E-state index contributed by atoms with van der Waals surface area (Å²) >= 11 is 0. The van der Waals surface area contributed by atoms with Crippen molar-refractivity contribution in [1.82, 2.24) is 5.32 Å². The number of halogens is 1. The number of phenols is 1. The summed E-state index contributed by atoms with van der Waals surface area (Å²) in [5.41, 5.74) is 6.73. The highest BCUT2D eigenvalue weighted by Crippen LogP contribution is 2.37. The molecule has 0 atom stereocenters. The van der Waals surface area contributed by atoms with E-state index in [4.69, 9.17) is 15.2 Å². The molecule has 0 aromatic heterocycles. The first-order chi connectivity index (χ1) is 11.6. The van der Waals surface area contributed by atoms with Gasteiger partial charge >= 0.3 is 0 Å². The molecule has 0 heterocycles. The summed E-state index contributed by atoms with van der Waals surface area (Å²) in [5.74, 6) is 1.13. The maximum atomic E-state index is 9.89. The van der Waals surface area contributed by atoms with Crippen LogP contribution in [0.25, 0.3) is 0 Å². The van der Waals surface area contributed by atoms with Crippen LogP contribution in [0.2, 0.25) is 0 Å². The summed E-state index contributed by atoms with van der Waals surface area (Å²) < 4.78 is 10.3. The Morgan fingerprint density at radius 1 is 1.08 bits per heavy atom. The van der Waals surface area contributed by atoms with Crippen LogP contribution < -0.4 is 20.5 Å². The normalized spacial score (nSPS) is 10.9. The molecule has 1 rings (SSSR count). The zero-order valence-corrected chi connectivity index (χ0v) is 17.8. The first-order valence-corrected chi connectivity index (χ1v) is 8.60. The van der Waals surface area contributed by atoms with E-state index in [0.717, 1.165) is 18.5 Å². The minimum Gasteiger partial charge on any atom is -0.502 e. The van der Waals surface area contributed by atoms with Crippen LogP contribution in [0.4, 0.5) is 0 Å². The molecule has 0 amide bonds. The van der Waals surface area contributed by atoms with Crippen LogP contribution in [0.15, 0.2) is 17.1 Å². The second-order valence-electron chi connectivity index (χ2n) is 5.74. The highest BCUT2D eigenvalue weighted by atomic mass is 127. The van der Waals surface area contributed by atoms with E-state index in [-0.39, 0.29) is 29.7 Å². The molecule has 0 fully saturated rings. The molecule has 0 bridgehead atoms. The first kappa shape index (κ1) is 23.6. The van der Waals surface area contributed by atoms with Crippen molar-refractivity contribution in [2.45, 2.75) is 52.0 Å². The molecular formula is C18H32IN3O3. The molecule has 144 valence electrons. The van der Waals surface area contributed by atoms with Crippen LogP contribution >= 0.6 is 24.0 Å². The van der Waals surface area contributed by atoms with Crippen LogP contribution in [-0.2, 0) is 6.54 Å². The molecule has 0 spiro atoms. The van der Waals surface area contributed by atoms with E-state index in [1.165, 1.54) is 46.3 Å². The molecule has 1 aromatic carbocycles. The van der Waals surface area contributed by atoms with Crippen molar-refractivity contribution in [3.63, 3.8) is 0 Å². The zero-order valence-electron chi connectivity index (χ0n) is 15.5. The zero-order chi connectivity index (χ0) is 17.8. The first-order valence-electron chi connectivity index (χ1n) is 8.60. The average Bonchev–Trinajstić information content (AvgIpc) is 2.60. The molecule has 0 unspecified atom stereocenters. The molecule has 7 heteroatoms. The third-order valence-electron chi connectivity index (χ3n) is 3.81. The van der Waals surface area contributed by atoms with Crippen LogP contribution in [0.1, 0.15) is 51.0 Å². The van der Waals surface area contributed by atoms with Gasteiger partial charge in [0.25, 0.3) is 0 Å². The molecule has 0 aliphatic carbocycles. The monoisotopic (exact) mass is 465 g/mol. The minimum absolute atomic E-state index is 0. The number of aromatic hydroxyl groups is 1. The minimum atomic E-state index is -0.0121. The van der Waals surface area contributed by atoms with Crippen molar-refractivity contribution >= 4 is 29.9 Å². The highest BCUT2D eigenvalue weighted by Gasteiger charge is 2.10. The number of hydrogen-bond acceptors (Lipinski definition) is 4. The average molecular weight is 465 g/mol. The molecule has 25 heavy (non-hydrogen) atoms. The number of unbranched alkanes of at least 4 members (excludes halogenated alkanes) is 5. The fourth-order valence-electron chi connectivity index (χ4n) is 2.39. The standard InChI is InChI=1S/C18H31N3O3.HI/c1-4-5-6-7-8-9-10-20-18(19)21-13-14-11-15(23-2)17(22)16(12-14)24-3;/h11-12,22H,4-10,13H2,1-3H3,(H3,19,20,21);1H. The number of methoxy groups -OCH3 is 2. The molecule has 6 nitrogen and oxygen atoms in total. The third-order valence-corrected chi connectivity index (χ3v) is 3.81. The Bertz CT molecular complexity index is 499. The summed E-state index contributed by atoms with van der Waals surface area (Å²) in [6.45, 7) is 3.45. The number of hydrogen-bond donors (Lipinski definition) is 3. The lowest BCUT2D eigenvalue weighted by atomic mass is 10.1. The van der Waals surface area contributed by atoms with Gasteiger partial charge in [0.2, 0.25) is 5.75 Å². The van der Waals surface area contributed by atoms with Crippen LogP contribution in [0, 0.1) is 0 Å². The van der Waals surface area contributed by atoms with Gasteiger partial charge in [0.15, 0.2) is 17.5 Å². The topological polar surface area (TPSA) is 89.1 Å². The van der Waals surface area contributed by atoms with Crippen molar-refractivity contribution < 1.29 is 14.6 Å². The Labute approximate surface area is 168 Å². The van der Waals surface area contributed by atoms with E-state index in [2.05, 4.69) is 17.2 Å². The smallest absolute Gasteiger partial charge is 0.200 e. The maximum Gasteiger partial charge on any atom is 0.200 e. The Morgan fingerprint density at radius 2 is 1.64 bits per heavy atom. The number of aliphatic imine (C=N–C) groups is 1. The number of guanidine groups is 1. The lowest BCUT2D eigenvalue weighted by Gasteiger charge is -2.10. The molecule has 0 aliphatic heterocycles. The lowest BCUT2D eigenvalue weighted by Crippen LogP contribution is -2.32. The van der Waals surface area contributed by atoms with Crippen LogP contribution in [0.3, 0.4) is 0 Å². The molecule has 4 N–H and O–H groups in total. The van der Waals surface area contributed by atoms with Crippen LogP contribution in [0.5, 0.6) is 17.2 Å². The van der Waals surface area contributed by atoms with Crippen molar-refractivity contribution in [3.8, 4) is 17.2 Å². The van der Waals surface area contributed by atoms with Crippen LogP contribution in [-0.4, -0.2) is 31.8 Å². The van der Waals surface area contributed by atoms with Gasteiger partial charge in [0.1, 0.15) is 0 Å². The van der Waals surface area contributed by atoms with Gasteiger partial charge < -0.3 is 25.6 Å².